The summed E-state index contributed by atoms with van der Waals surface area (Å²) in [5.41, 5.74) is 2.99. The first-order valence-corrected chi connectivity index (χ1v) is 5.43. The van der Waals surface area contributed by atoms with Gasteiger partial charge in [0.15, 0.2) is 0 Å². The highest BCUT2D eigenvalue weighted by atomic mass is 35.5. The summed E-state index contributed by atoms with van der Waals surface area (Å²) in [5.74, 6) is 0.691. The van der Waals surface area contributed by atoms with Crippen LogP contribution < -0.4 is 0 Å². The first kappa shape index (κ1) is 9.08. The monoisotopic (exact) mass is 194 g/mol. The van der Waals surface area contributed by atoms with Gasteiger partial charge in [0.25, 0.3) is 0 Å². The summed E-state index contributed by atoms with van der Waals surface area (Å²) in [6, 6.07) is 6.35. The number of halogens is 1. The van der Waals surface area contributed by atoms with Crippen molar-refractivity contribution in [3.8, 4) is 0 Å². The summed E-state index contributed by atoms with van der Waals surface area (Å²) < 4.78 is 0. The molecule has 1 atom stereocenters. The summed E-state index contributed by atoms with van der Waals surface area (Å²) in [5, 5.41) is 0.882. The standard InChI is InChI=1S/C12H15Cl/c1-9-4-2-3-5-10-6-7-11(13)8-12(9)10/h6-9H,2-5H2,1H3/t9-/m0/s1. The zero-order valence-electron chi connectivity index (χ0n) is 8.02. The Balaban J connectivity index is 2.43. The van der Waals surface area contributed by atoms with Crippen molar-refractivity contribution in [3.63, 3.8) is 0 Å². The zero-order chi connectivity index (χ0) is 9.26. The molecule has 0 aromatic heterocycles. The molecule has 0 fully saturated rings. The van der Waals surface area contributed by atoms with Crippen LogP contribution in [0.25, 0.3) is 0 Å². The predicted octanol–water partition coefficient (Wildman–Crippen LogP) is 4.17. The molecule has 1 aromatic carbocycles. The second-order valence-corrected chi connectivity index (χ2v) is 4.43. The normalized spacial score (nSPS) is 22.2. The van der Waals surface area contributed by atoms with Crippen molar-refractivity contribution in [3.05, 3.63) is 34.3 Å². The van der Waals surface area contributed by atoms with E-state index in [1.165, 1.54) is 36.8 Å². The van der Waals surface area contributed by atoms with Crippen LogP contribution in [0.15, 0.2) is 18.2 Å². The molecule has 1 aliphatic carbocycles. The van der Waals surface area contributed by atoms with Gasteiger partial charge in [0, 0.05) is 5.02 Å². The quantitative estimate of drug-likeness (QED) is 0.544. The van der Waals surface area contributed by atoms with E-state index in [0.29, 0.717) is 5.92 Å². The summed E-state index contributed by atoms with van der Waals surface area (Å²) in [6.45, 7) is 2.31. The minimum atomic E-state index is 0.691. The number of hydrogen-bond acceptors (Lipinski definition) is 0. The van der Waals surface area contributed by atoms with Crippen LogP contribution >= 0.6 is 11.6 Å². The zero-order valence-corrected chi connectivity index (χ0v) is 8.77. The molecule has 0 bridgehead atoms. The second-order valence-electron chi connectivity index (χ2n) is 3.99. The molecule has 1 aliphatic rings. The van der Waals surface area contributed by atoms with E-state index in [1.54, 1.807) is 0 Å². The van der Waals surface area contributed by atoms with Crippen molar-refractivity contribution in [2.24, 2.45) is 0 Å². The predicted molar refractivity (Wildman–Crippen MR) is 57.4 cm³/mol. The molecule has 0 N–H and O–H groups in total. The van der Waals surface area contributed by atoms with Crippen LogP contribution in [0.5, 0.6) is 0 Å². The maximum atomic E-state index is 6.00. The summed E-state index contributed by atoms with van der Waals surface area (Å²) in [4.78, 5) is 0. The van der Waals surface area contributed by atoms with E-state index in [-0.39, 0.29) is 0 Å². The van der Waals surface area contributed by atoms with E-state index < -0.39 is 0 Å². The molecule has 0 saturated carbocycles. The van der Waals surface area contributed by atoms with Crippen molar-refractivity contribution >= 4 is 11.6 Å². The highest BCUT2D eigenvalue weighted by Crippen LogP contribution is 2.31. The summed E-state index contributed by atoms with van der Waals surface area (Å²) in [7, 11) is 0. The second kappa shape index (κ2) is 3.71. The van der Waals surface area contributed by atoms with Crippen molar-refractivity contribution < 1.29 is 0 Å². The van der Waals surface area contributed by atoms with Gasteiger partial charge in [-0.1, -0.05) is 31.0 Å². The summed E-state index contributed by atoms with van der Waals surface area (Å²) in [6.07, 6.45) is 5.23. The Hall–Kier alpha value is -0.490. The molecule has 13 heavy (non-hydrogen) atoms. The van der Waals surface area contributed by atoms with Gasteiger partial charge in [0.05, 0.1) is 0 Å². The van der Waals surface area contributed by atoms with E-state index >= 15 is 0 Å². The lowest BCUT2D eigenvalue weighted by Gasteiger charge is -2.12. The number of benzene rings is 1. The Morgan fingerprint density at radius 3 is 3.00 bits per heavy atom. The Bertz CT molecular complexity index is 304. The maximum absolute atomic E-state index is 6.00. The minimum Gasteiger partial charge on any atom is -0.0843 e. The highest BCUT2D eigenvalue weighted by Gasteiger charge is 2.14. The van der Waals surface area contributed by atoms with Crippen LogP contribution in [-0.2, 0) is 6.42 Å². The lowest BCUT2D eigenvalue weighted by Crippen LogP contribution is -1.95. The molecule has 1 aromatic rings. The fourth-order valence-corrected chi connectivity index (χ4v) is 2.35. The average molecular weight is 195 g/mol. The molecule has 70 valence electrons. The van der Waals surface area contributed by atoms with Gasteiger partial charge in [0.2, 0.25) is 0 Å². The first-order chi connectivity index (χ1) is 6.27. The molecule has 0 nitrogen and oxygen atoms in total. The molecular weight excluding hydrogens is 180 g/mol. The molecular formula is C12H15Cl. The Labute approximate surface area is 84.9 Å². The van der Waals surface area contributed by atoms with Gasteiger partial charge >= 0.3 is 0 Å². The molecule has 0 spiro atoms. The lowest BCUT2D eigenvalue weighted by atomic mass is 9.94. The van der Waals surface area contributed by atoms with Crippen molar-refractivity contribution in [2.75, 3.05) is 0 Å². The first-order valence-electron chi connectivity index (χ1n) is 5.05. The molecule has 0 unspecified atom stereocenters. The van der Waals surface area contributed by atoms with Crippen LogP contribution in [-0.4, -0.2) is 0 Å². The van der Waals surface area contributed by atoms with Gasteiger partial charge in [-0.05, 0) is 48.4 Å². The van der Waals surface area contributed by atoms with Crippen LogP contribution in [0.1, 0.15) is 43.2 Å². The van der Waals surface area contributed by atoms with Gasteiger partial charge in [-0.15, -0.1) is 0 Å². The fourth-order valence-electron chi connectivity index (χ4n) is 2.17. The highest BCUT2D eigenvalue weighted by molar-refractivity contribution is 6.30. The molecule has 0 heterocycles. The van der Waals surface area contributed by atoms with E-state index in [4.69, 9.17) is 11.6 Å². The van der Waals surface area contributed by atoms with Gasteiger partial charge in [0.1, 0.15) is 0 Å². The smallest absolute Gasteiger partial charge is 0.0409 e. The largest absolute Gasteiger partial charge is 0.0843 e. The molecule has 0 amide bonds. The molecule has 0 aliphatic heterocycles. The number of fused-ring (bicyclic) bond motifs is 1. The Morgan fingerprint density at radius 1 is 1.31 bits per heavy atom. The molecule has 1 heteroatoms. The van der Waals surface area contributed by atoms with E-state index in [9.17, 15) is 0 Å². The SMILES string of the molecule is C[C@H]1CCCCc2ccc(Cl)cc21. The topological polar surface area (TPSA) is 0 Å². The van der Waals surface area contributed by atoms with Crippen LogP contribution in [0.2, 0.25) is 5.02 Å². The van der Waals surface area contributed by atoms with Crippen LogP contribution in [0, 0.1) is 0 Å². The Kier molecular flexibility index (Phi) is 2.59. The number of rotatable bonds is 0. The van der Waals surface area contributed by atoms with Gasteiger partial charge in [-0.3, -0.25) is 0 Å². The van der Waals surface area contributed by atoms with E-state index in [0.717, 1.165) is 5.02 Å². The van der Waals surface area contributed by atoms with E-state index in [2.05, 4.69) is 19.1 Å². The van der Waals surface area contributed by atoms with Crippen LogP contribution in [0.4, 0.5) is 0 Å². The van der Waals surface area contributed by atoms with Gasteiger partial charge < -0.3 is 0 Å². The fraction of sp³-hybridized carbons (Fsp3) is 0.500. The molecule has 0 radical (unpaired) electrons. The van der Waals surface area contributed by atoms with Crippen molar-refractivity contribution in [2.45, 2.75) is 38.5 Å². The van der Waals surface area contributed by atoms with Crippen molar-refractivity contribution in [1.29, 1.82) is 0 Å². The third-order valence-corrected chi connectivity index (χ3v) is 3.21. The summed E-state index contributed by atoms with van der Waals surface area (Å²) >= 11 is 6.00. The van der Waals surface area contributed by atoms with Crippen LogP contribution in [0.3, 0.4) is 0 Å². The van der Waals surface area contributed by atoms with Gasteiger partial charge in [-0.2, -0.15) is 0 Å². The third-order valence-electron chi connectivity index (χ3n) is 2.97. The minimum absolute atomic E-state index is 0.691. The Morgan fingerprint density at radius 2 is 2.15 bits per heavy atom. The maximum Gasteiger partial charge on any atom is 0.0409 e. The third kappa shape index (κ3) is 1.88. The molecule has 2 rings (SSSR count). The average Bonchev–Trinajstić information content (AvgIpc) is 2.29. The number of hydrogen-bond donors (Lipinski definition) is 0. The lowest BCUT2D eigenvalue weighted by molar-refractivity contribution is 0.635. The number of aryl methyl sites for hydroxylation is 1. The van der Waals surface area contributed by atoms with Crippen molar-refractivity contribution in [1.82, 2.24) is 0 Å². The van der Waals surface area contributed by atoms with Gasteiger partial charge in [-0.25, -0.2) is 0 Å². The molecule has 0 saturated heterocycles. The van der Waals surface area contributed by atoms with E-state index in [1.807, 2.05) is 6.07 Å².